The molecule has 1 heterocycles. The standard InChI is InChI=1S/C24H19N5O4S/c1-16-6-10-18(11-7-16)28-23(31)20-4-2-3-5-21(20)26-24(28)34-15-22(30)27-25-14-17-8-12-19(13-9-17)29(32)33/h2-14H,15H2,1H3,(H,27,30)/b25-14+. The number of aromatic nitrogens is 2. The minimum absolute atomic E-state index is 0.0196. The number of carbonyl (C=O) groups is 1. The predicted molar refractivity (Wildman–Crippen MR) is 132 cm³/mol. The number of thioether (sulfide) groups is 1. The summed E-state index contributed by atoms with van der Waals surface area (Å²) in [5, 5.41) is 15.5. The Morgan fingerprint density at radius 3 is 2.53 bits per heavy atom. The molecule has 1 aromatic heterocycles. The second kappa shape index (κ2) is 10.1. The van der Waals surface area contributed by atoms with Crippen LogP contribution in [0.2, 0.25) is 0 Å². The van der Waals surface area contributed by atoms with Crippen LogP contribution in [0, 0.1) is 17.0 Å². The molecule has 0 aliphatic carbocycles. The SMILES string of the molecule is Cc1ccc(-n2c(SCC(=O)N/N=C/c3ccc([N+](=O)[O-])cc3)nc3ccccc3c2=O)cc1. The first-order valence-electron chi connectivity index (χ1n) is 10.2. The molecule has 4 rings (SSSR count). The second-order valence-electron chi connectivity index (χ2n) is 7.32. The van der Waals surface area contributed by atoms with Gasteiger partial charge in [-0.3, -0.25) is 24.3 Å². The number of carbonyl (C=O) groups excluding carboxylic acids is 1. The highest BCUT2D eigenvalue weighted by Gasteiger charge is 2.14. The van der Waals surface area contributed by atoms with Gasteiger partial charge < -0.3 is 0 Å². The largest absolute Gasteiger partial charge is 0.272 e. The zero-order valence-corrected chi connectivity index (χ0v) is 18.9. The van der Waals surface area contributed by atoms with Gasteiger partial charge in [-0.25, -0.2) is 10.4 Å². The number of nitrogens with zero attached hydrogens (tertiary/aromatic N) is 4. The molecule has 0 atom stereocenters. The average molecular weight is 474 g/mol. The fourth-order valence-corrected chi connectivity index (χ4v) is 3.96. The van der Waals surface area contributed by atoms with Crippen LogP contribution in [0.15, 0.2) is 87.8 Å². The fourth-order valence-electron chi connectivity index (χ4n) is 3.15. The number of rotatable bonds is 7. The van der Waals surface area contributed by atoms with Crippen molar-refractivity contribution in [3.8, 4) is 5.69 Å². The predicted octanol–water partition coefficient (Wildman–Crippen LogP) is 3.84. The Kier molecular flexibility index (Phi) is 6.79. The molecule has 1 N–H and O–H groups in total. The van der Waals surface area contributed by atoms with Crippen LogP contribution >= 0.6 is 11.8 Å². The van der Waals surface area contributed by atoms with E-state index in [1.54, 1.807) is 24.3 Å². The van der Waals surface area contributed by atoms with Crippen LogP contribution in [0.4, 0.5) is 5.69 Å². The van der Waals surface area contributed by atoms with Crippen LogP contribution in [0.1, 0.15) is 11.1 Å². The summed E-state index contributed by atoms with van der Waals surface area (Å²) in [7, 11) is 0. The third-order valence-corrected chi connectivity index (χ3v) is 5.81. The number of hydrogen-bond acceptors (Lipinski definition) is 7. The number of hydrogen-bond donors (Lipinski definition) is 1. The number of benzene rings is 3. The van der Waals surface area contributed by atoms with Crippen LogP contribution < -0.4 is 11.0 Å². The highest BCUT2D eigenvalue weighted by atomic mass is 32.2. The first-order valence-corrected chi connectivity index (χ1v) is 11.2. The first-order chi connectivity index (χ1) is 16.4. The van der Waals surface area contributed by atoms with Crippen LogP contribution in [0.5, 0.6) is 0 Å². The van der Waals surface area contributed by atoms with Gasteiger partial charge in [-0.1, -0.05) is 41.6 Å². The molecule has 0 aliphatic rings. The summed E-state index contributed by atoms with van der Waals surface area (Å²) in [5.41, 5.74) is 5.05. The number of non-ortho nitro benzene ring substituents is 1. The number of amides is 1. The van der Waals surface area contributed by atoms with Gasteiger partial charge in [0.05, 0.1) is 33.5 Å². The van der Waals surface area contributed by atoms with Crippen LogP contribution in [-0.4, -0.2) is 32.3 Å². The van der Waals surface area contributed by atoms with Crippen molar-refractivity contribution in [3.63, 3.8) is 0 Å². The summed E-state index contributed by atoms with van der Waals surface area (Å²) in [6.45, 7) is 1.96. The average Bonchev–Trinajstić information content (AvgIpc) is 2.84. The Morgan fingerprint density at radius 1 is 1.12 bits per heavy atom. The molecule has 9 nitrogen and oxygen atoms in total. The van der Waals surface area contributed by atoms with E-state index in [1.807, 2.05) is 31.2 Å². The normalized spacial score (nSPS) is 11.1. The number of para-hydroxylation sites is 1. The molecule has 10 heteroatoms. The van der Waals surface area contributed by atoms with Gasteiger partial charge in [0.25, 0.3) is 17.2 Å². The smallest absolute Gasteiger partial charge is 0.269 e. The van der Waals surface area contributed by atoms with Crippen molar-refractivity contribution in [2.75, 3.05) is 5.75 Å². The molecular weight excluding hydrogens is 454 g/mol. The number of fused-ring (bicyclic) bond motifs is 1. The van der Waals surface area contributed by atoms with Gasteiger partial charge in [0, 0.05) is 12.1 Å². The Bertz CT molecular complexity index is 1450. The number of hydrazone groups is 1. The van der Waals surface area contributed by atoms with Crippen LogP contribution in [0.3, 0.4) is 0 Å². The van der Waals surface area contributed by atoms with E-state index in [9.17, 15) is 19.7 Å². The summed E-state index contributed by atoms with van der Waals surface area (Å²) >= 11 is 1.13. The summed E-state index contributed by atoms with van der Waals surface area (Å²) in [6, 6.07) is 20.3. The fraction of sp³-hybridized carbons (Fsp3) is 0.0833. The van der Waals surface area contributed by atoms with E-state index in [-0.39, 0.29) is 22.9 Å². The maximum Gasteiger partial charge on any atom is 0.269 e. The number of nitro benzene ring substituents is 1. The summed E-state index contributed by atoms with van der Waals surface area (Å²) in [4.78, 5) is 40.4. The molecule has 4 aromatic rings. The summed E-state index contributed by atoms with van der Waals surface area (Å²) in [5.74, 6) is -0.408. The Labute approximate surface area is 198 Å². The minimum atomic E-state index is -0.489. The van der Waals surface area contributed by atoms with Crippen molar-refractivity contribution in [1.82, 2.24) is 15.0 Å². The minimum Gasteiger partial charge on any atom is -0.272 e. The van der Waals surface area contributed by atoms with Crippen LogP contribution in [-0.2, 0) is 4.79 Å². The van der Waals surface area contributed by atoms with Crippen molar-refractivity contribution in [3.05, 3.63) is 104 Å². The van der Waals surface area contributed by atoms with E-state index < -0.39 is 4.92 Å². The molecule has 0 saturated heterocycles. The van der Waals surface area contributed by atoms with Crippen molar-refractivity contribution in [1.29, 1.82) is 0 Å². The van der Waals surface area contributed by atoms with E-state index in [1.165, 1.54) is 35.0 Å². The zero-order chi connectivity index (χ0) is 24.1. The lowest BCUT2D eigenvalue weighted by atomic mass is 10.2. The van der Waals surface area contributed by atoms with Gasteiger partial charge in [0.2, 0.25) is 0 Å². The van der Waals surface area contributed by atoms with Crippen LogP contribution in [0.25, 0.3) is 16.6 Å². The van der Waals surface area contributed by atoms with E-state index in [0.717, 1.165) is 17.3 Å². The first kappa shape index (κ1) is 22.9. The number of aryl methyl sites for hydroxylation is 1. The van der Waals surface area contributed by atoms with E-state index in [2.05, 4.69) is 15.5 Å². The van der Waals surface area contributed by atoms with Gasteiger partial charge in [-0.05, 0) is 48.9 Å². The second-order valence-corrected chi connectivity index (χ2v) is 8.26. The topological polar surface area (TPSA) is 119 Å². The molecule has 0 bridgehead atoms. The Hall–Kier alpha value is -4.31. The summed E-state index contributed by atoms with van der Waals surface area (Å²) < 4.78 is 1.50. The molecule has 1 amide bonds. The van der Waals surface area contributed by atoms with Gasteiger partial charge in [-0.15, -0.1) is 0 Å². The highest BCUT2D eigenvalue weighted by molar-refractivity contribution is 7.99. The lowest BCUT2D eigenvalue weighted by Crippen LogP contribution is -2.24. The van der Waals surface area contributed by atoms with Crippen molar-refractivity contribution < 1.29 is 9.72 Å². The lowest BCUT2D eigenvalue weighted by molar-refractivity contribution is -0.384. The van der Waals surface area contributed by atoms with E-state index >= 15 is 0 Å². The Balaban J connectivity index is 1.51. The highest BCUT2D eigenvalue weighted by Crippen LogP contribution is 2.21. The van der Waals surface area contributed by atoms with Gasteiger partial charge in [0.15, 0.2) is 5.16 Å². The molecule has 0 spiro atoms. The molecule has 0 unspecified atom stereocenters. The maximum atomic E-state index is 13.2. The monoisotopic (exact) mass is 473 g/mol. The van der Waals surface area contributed by atoms with Gasteiger partial charge >= 0.3 is 0 Å². The van der Waals surface area contributed by atoms with Crippen molar-refractivity contribution >= 4 is 40.5 Å². The molecule has 170 valence electrons. The number of nitrogens with one attached hydrogen (secondary N) is 1. The molecule has 3 aromatic carbocycles. The number of nitro groups is 1. The molecule has 34 heavy (non-hydrogen) atoms. The van der Waals surface area contributed by atoms with Crippen molar-refractivity contribution in [2.45, 2.75) is 12.1 Å². The Morgan fingerprint density at radius 2 is 1.82 bits per heavy atom. The van der Waals surface area contributed by atoms with Gasteiger partial charge in [-0.2, -0.15) is 5.10 Å². The molecular formula is C24H19N5O4S. The van der Waals surface area contributed by atoms with E-state index in [0.29, 0.717) is 27.3 Å². The quantitative estimate of drug-likeness (QED) is 0.143. The molecule has 0 aliphatic heterocycles. The van der Waals surface area contributed by atoms with Gasteiger partial charge in [0.1, 0.15) is 0 Å². The molecule has 0 radical (unpaired) electrons. The molecule has 0 saturated carbocycles. The third kappa shape index (κ3) is 5.18. The third-order valence-electron chi connectivity index (χ3n) is 4.88. The molecule has 0 fully saturated rings. The zero-order valence-electron chi connectivity index (χ0n) is 18.0. The van der Waals surface area contributed by atoms with Crippen molar-refractivity contribution in [2.24, 2.45) is 5.10 Å². The lowest BCUT2D eigenvalue weighted by Gasteiger charge is -2.13. The van der Waals surface area contributed by atoms with E-state index in [4.69, 9.17) is 0 Å². The summed E-state index contributed by atoms with van der Waals surface area (Å²) in [6.07, 6.45) is 1.39. The maximum absolute atomic E-state index is 13.2.